The Morgan fingerprint density at radius 2 is 1.72 bits per heavy atom. The molecule has 0 atom stereocenters. The molecule has 13 heteroatoms. The first-order valence-corrected chi connectivity index (χ1v) is 8.20. The van der Waals surface area contributed by atoms with Crippen LogP contribution in [0.25, 0.3) is 0 Å². The smallest absolute Gasteiger partial charge is 0.229 e. The summed E-state index contributed by atoms with van der Waals surface area (Å²) in [5.74, 6) is -3.43. The van der Waals surface area contributed by atoms with Gasteiger partial charge < -0.3 is 0 Å². The molecule has 2 N–H and O–H groups in total. The highest BCUT2D eigenvalue weighted by molar-refractivity contribution is 7.95. The summed E-state index contributed by atoms with van der Waals surface area (Å²) >= 11 is 0.0292. The third kappa shape index (κ3) is 4.15. The molecular weight excluding hydrogens is 319 g/mol. The molecule has 0 radical (unpaired) electrons. The third-order valence-corrected chi connectivity index (χ3v) is 5.46. The molecule has 0 saturated carbocycles. The highest BCUT2D eigenvalue weighted by Crippen LogP contribution is 2.28. The molecule has 0 amide bonds. The molecule has 0 saturated heterocycles. The minimum Gasteiger partial charge on any atom is -0.229 e. The second-order valence-electron chi connectivity index (χ2n) is 3.07. The zero-order valence-electron chi connectivity index (χ0n) is 8.38. The van der Waals surface area contributed by atoms with Crippen LogP contribution in [0.4, 0.5) is 13.2 Å². The normalized spacial score (nSPS) is 13.8. The molecule has 1 aromatic heterocycles. The van der Waals surface area contributed by atoms with E-state index in [9.17, 15) is 30.0 Å². The highest BCUT2D eigenvalue weighted by atomic mass is 32.2. The Labute approximate surface area is 104 Å². The van der Waals surface area contributed by atoms with Gasteiger partial charge in [0, 0.05) is 0 Å². The number of aromatic nitrogens is 2. The van der Waals surface area contributed by atoms with E-state index in [1.807, 2.05) is 0 Å². The van der Waals surface area contributed by atoms with Crippen LogP contribution in [0.2, 0.25) is 0 Å². The van der Waals surface area contributed by atoms with Gasteiger partial charge in [-0.3, -0.25) is 0 Å². The fourth-order valence-electron chi connectivity index (χ4n) is 0.764. The minimum atomic E-state index is -4.86. The first-order valence-electron chi connectivity index (χ1n) is 4.06. The summed E-state index contributed by atoms with van der Waals surface area (Å²) < 4.78 is 82.4. The molecule has 18 heavy (non-hydrogen) atoms. The number of sulfone groups is 1. The maximum atomic E-state index is 12.1. The molecule has 1 aromatic rings. The van der Waals surface area contributed by atoms with Gasteiger partial charge in [-0.25, -0.2) is 22.0 Å². The molecule has 0 aromatic carbocycles. The first kappa shape index (κ1) is 15.3. The molecule has 1 rings (SSSR count). The van der Waals surface area contributed by atoms with Crippen LogP contribution in [-0.2, 0) is 26.0 Å². The Morgan fingerprint density at radius 3 is 2.11 bits per heavy atom. The van der Waals surface area contributed by atoms with Crippen molar-refractivity contribution >= 4 is 31.4 Å². The highest BCUT2D eigenvalue weighted by Gasteiger charge is 2.37. The predicted molar refractivity (Wildman–Crippen MR) is 54.9 cm³/mol. The molecule has 0 spiro atoms. The summed E-state index contributed by atoms with van der Waals surface area (Å²) in [5.41, 5.74) is 0. The Balaban J connectivity index is 2.97. The average Bonchev–Trinajstić information content (AvgIpc) is 2.62. The number of hydrogen-bond donors (Lipinski definition) is 1. The number of alkyl halides is 3. The Morgan fingerprint density at radius 1 is 1.17 bits per heavy atom. The van der Waals surface area contributed by atoms with Gasteiger partial charge in [0.15, 0.2) is 0 Å². The number of nitrogens with zero attached hydrogens (tertiary/aromatic N) is 2. The molecule has 0 aliphatic carbocycles. The van der Waals surface area contributed by atoms with Crippen molar-refractivity contribution in [2.24, 2.45) is 5.14 Å². The minimum absolute atomic E-state index is 0.0292. The van der Waals surface area contributed by atoms with Crippen molar-refractivity contribution in [3.05, 3.63) is 5.82 Å². The summed E-state index contributed by atoms with van der Waals surface area (Å²) in [6.07, 6.45) is -4.86. The van der Waals surface area contributed by atoms with Crippen LogP contribution in [0, 0.1) is 0 Å². The van der Waals surface area contributed by atoms with Crippen LogP contribution >= 0.6 is 11.5 Å². The molecule has 0 aliphatic rings. The van der Waals surface area contributed by atoms with Gasteiger partial charge in [0.05, 0.1) is 11.5 Å². The topological polar surface area (TPSA) is 120 Å². The lowest BCUT2D eigenvalue weighted by Crippen LogP contribution is -2.23. The third-order valence-electron chi connectivity index (χ3n) is 1.56. The Kier molecular flexibility index (Phi) is 4.00. The fourth-order valence-corrected chi connectivity index (χ4v) is 4.22. The Bertz CT molecular complexity index is 632. The zero-order chi connectivity index (χ0) is 14.2. The molecule has 1 heterocycles. The summed E-state index contributed by atoms with van der Waals surface area (Å²) in [7, 11) is -8.28. The van der Waals surface area contributed by atoms with Crippen LogP contribution < -0.4 is 5.14 Å². The average molecular weight is 325 g/mol. The number of halogens is 3. The molecule has 0 fully saturated rings. The standard InChI is InChI=1S/C5H6F3N3O4S3/c6-5(7,8)3-10-4(16-11-3)17(12,13)1-2-18(9,14)15/h1-2H2,(H2,9,14,15). The maximum Gasteiger partial charge on any atom is 0.452 e. The van der Waals surface area contributed by atoms with E-state index in [2.05, 4.69) is 14.5 Å². The number of sulfonamides is 1. The molecule has 0 unspecified atom stereocenters. The Hall–Kier alpha value is -0.790. The van der Waals surface area contributed by atoms with Crippen LogP contribution in [0.15, 0.2) is 4.34 Å². The molecular formula is C5H6F3N3O4S3. The van der Waals surface area contributed by atoms with Crippen molar-refractivity contribution < 1.29 is 30.0 Å². The van der Waals surface area contributed by atoms with E-state index in [1.165, 1.54) is 0 Å². The van der Waals surface area contributed by atoms with Crippen molar-refractivity contribution in [1.82, 2.24) is 9.36 Å². The largest absolute Gasteiger partial charge is 0.452 e. The van der Waals surface area contributed by atoms with E-state index >= 15 is 0 Å². The lowest BCUT2D eigenvalue weighted by molar-refractivity contribution is -0.144. The van der Waals surface area contributed by atoms with Gasteiger partial charge in [0.1, 0.15) is 0 Å². The van der Waals surface area contributed by atoms with E-state index in [0.717, 1.165) is 0 Å². The van der Waals surface area contributed by atoms with E-state index < -0.39 is 47.7 Å². The van der Waals surface area contributed by atoms with Crippen molar-refractivity contribution in [3.63, 3.8) is 0 Å². The predicted octanol–water partition coefficient (Wildman–Crippen LogP) is -0.381. The number of primary sulfonamides is 1. The monoisotopic (exact) mass is 325 g/mol. The van der Waals surface area contributed by atoms with Crippen LogP contribution in [0.1, 0.15) is 5.82 Å². The fraction of sp³-hybridized carbons (Fsp3) is 0.600. The maximum absolute atomic E-state index is 12.1. The molecule has 104 valence electrons. The number of hydrogen-bond acceptors (Lipinski definition) is 7. The van der Waals surface area contributed by atoms with Crippen molar-refractivity contribution in [1.29, 1.82) is 0 Å². The number of nitrogens with two attached hydrogens (primary N) is 1. The molecule has 0 bridgehead atoms. The van der Waals surface area contributed by atoms with Gasteiger partial charge in [-0.05, 0) is 11.5 Å². The summed E-state index contributed by atoms with van der Waals surface area (Å²) in [6, 6.07) is 0. The SMILES string of the molecule is NS(=O)(=O)CCS(=O)(=O)c1nc(C(F)(F)F)ns1. The summed E-state index contributed by atoms with van der Waals surface area (Å²) in [4.78, 5) is 2.81. The quantitative estimate of drug-likeness (QED) is 0.805. The van der Waals surface area contributed by atoms with Crippen molar-refractivity contribution in [3.8, 4) is 0 Å². The number of rotatable bonds is 4. The van der Waals surface area contributed by atoms with Gasteiger partial charge in [-0.2, -0.15) is 22.5 Å². The van der Waals surface area contributed by atoms with Gasteiger partial charge in [0.2, 0.25) is 30.0 Å². The lowest BCUT2D eigenvalue weighted by Gasteiger charge is -1.99. The zero-order valence-corrected chi connectivity index (χ0v) is 10.8. The van der Waals surface area contributed by atoms with Gasteiger partial charge in [-0.1, -0.05) is 0 Å². The lowest BCUT2D eigenvalue weighted by atomic mass is 10.6. The van der Waals surface area contributed by atoms with Crippen molar-refractivity contribution in [2.45, 2.75) is 10.5 Å². The van der Waals surface area contributed by atoms with Gasteiger partial charge in [-0.15, -0.1) is 0 Å². The van der Waals surface area contributed by atoms with E-state index in [4.69, 9.17) is 0 Å². The van der Waals surface area contributed by atoms with Crippen LogP contribution in [0.5, 0.6) is 0 Å². The van der Waals surface area contributed by atoms with Crippen LogP contribution in [0.3, 0.4) is 0 Å². The van der Waals surface area contributed by atoms with E-state index in [1.54, 1.807) is 0 Å². The first-order chi connectivity index (χ1) is 7.92. The van der Waals surface area contributed by atoms with E-state index in [0.29, 0.717) is 0 Å². The summed E-state index contributed by atoms with van der Waals surface area (Å²) in [5, 5.41) is 4.59. The molecule has 7 nitrogen and oxygen atoms in total. The second kappa shape index (κ2) is 4.71. The molecule has 0 aliphatic heterocycles. The van der Waals surface area contributed by atoms with Crippen molar-refractivity contribution in [2.75, 3.05) is 11.5 Å². The van der Waals surface area contributed by atoms with Crippen LogP contribution in [-0.4, -0.2) is 37.7 Å². The van der Waals surface area contributed by atoms with Gasteiger partial charge in [0.25, 0.3) is 0 Å². The van der Waals surface area contributed by atoms with Gasteiger partial charge >= 0.3 is 6.18 Å². The van der Waals surface area contributed by atoms with E-state index in [-0.39, 0.29) is 11.5 Å². The summed E-state index contributed by atoms with van der Waals surface area (Å²) in [6.45, 7) is 0. The second-order valence-corrected chi connectivity index (χ2v) is 7.84.